The Balaban J connectivity index is 2.21. The van der Waals surface area contributed by atoms with E-state index in [0.717, 1.165) is 17.4 Å². The van der Waals surface area contributed by atoms with Crippen LogP contribution in [-0.2, 0) is 6.42 Å². The number of ether oxygens (including phenoxy) is 1. The predicted molar refractivity (Wildman–Crippen MR) is 94.7 cm³/mol. The quantitative estimate of drug-likeness (QED) is 0.419. The molecule has 0 atom stereocenters. The number of hydrogen-bond acceptors (Lipinski definition) is 9. The van der Waals surface area contributed by atoms with Crippen molar-refractivity contribution in [3.05, 3.63) is 38.4 Å². The van der Waals surface area contributed by atoms with E-state index < -0.39 is 22.3 Å². The number of nitro groups is 1. The molecular weight excluding hydrogens is 362 g/mol. The Hall–Kier alpha value is -3.21. The van der Waals surface area contributed by atoms with Gasteiger partial charge in [-0.05, 0) is 19.4 Å². The molecule has 2 rings (SSSR count). The summed E-state index contributed by atoms with van der Waals surface area (Å²) in [5, 5.41) is 26.9. The number of nitrogens with two attached hydrogens (primary N) is 1. The molecule has 0 aliphatic heterocycles. The number of rotatable bonds is 7. The van der Waals surface area contributed by atoms with E-state index in [0.29, 0.717) is 17.0 Å². The first-order valence-corrected chi connectivity index (χ1v) is 8.39. The van der Waals surface area contributed by atoms with Crippen molar-refractivity contribution in [2.24, 2.45) is 5.10 Å². The molecule has 0 radical (unpaired) electrons. The van der Waals surface area contributed by atoms with Crippen LogP contribution in [0.4, 0.5) is 10.8 Å². The highest BCUT2D eigenvalue weighted by molar-refractivity contribution is 7.17. The molecular formula is C15H16N5O5S-. The summed E-state index contributed by atoms with van der Waals surface area (Å²) < 4.78 is 5.11. The summed E-state index contributed by atoms with van der Waals surface area (Å²) in [6, 6.07) is 2.37. The van der Waals surface area contributed by atoms with Crippen molar-refractivity contribution in [1.82, 2.24) is 10.4 Å². The van der Waals surface area contributed by atoms with Gasteiger partial charge in [0.1, 0.15) is 10.6 Å². The van der Waals surface area contributed by atoms with Crippen LogP contribution in [0.1, 0.15) is 34.8 Å². The number of benzene rings is 1. The van der Waals surface area contributed by atoms with Gasteiger partial charge in [0.25, 0.3) is 11.6 Å². The van der Waals surface area contributed by atoms with E-state index in [-0.39, 0.29) is 23.1 Å². The number of nitrogen functional groups attached to an aromatic ring is 1. The number of nitrogens with zero attached hydrogens (tertiary/aromatic N) is 3. The van der Waals surface area contributed by atoms with Crippen molar-refractivity contribution in [1.29, 1.82) is 0 Å². The van der Waals surface area contributed by atoms with Gasteiger partial charge in [0.15, 0.2) is 5.13 Å². The average Bonchev–Trinajstić information content (AvgIpc) is 2.98. The minimum absolute atomic E-state index is 0.155. The summed E-state index contributed by atoms with van der Waals surface area (Å²) in [7, 11) is 0. The first kappa shape index (κ1) is 19.1. The highest BCUT2D eigenvalue weighted by atomic mass is 32.1. The van der Waals surface area contributed by atoms with Crippen molar-refractivity contribution in [3.8, 4) is 11.5 Å². The number of thiazole rings is 1. The summed E-state index contributed by atoms with van der Waals surface area (Å²) in [5.41, 5.74) is 8.07. The smallest absolute Gasteiger partial charge is 0.283 e. The van der Waals surface area contributed by atoms with Gasteiger partial charge >= 0.3 is 0 Å². The molecule has 0 bridgehead atoms. The number of nitro benzene ring substituents is 1. The molecule has 1 amide bonds. The number of aromatic nitrogens is 1. The molecule has 0 unspecified atom stereocenters. The molecule has 0 fully saturated rings. The Kier molecular flexibility index (Phi) is 6.07. The van der Waals surface area contributed by atoms with Crippen LogP contribution in [-0.4, -0.2) is 28.6 Å². The molecule has 0 spiro atoms. The van der Waals surface area contributed by atoms with Gasteiger partial charge in [-0.25, -0.2) is 10.4 Å². The second-order valence-corrected chi connectivity index (χ2v) is 5.97. The van der Waals surface area contributed by atoms with E-state index in [1.165, 1.54) is 12.3 Å². The Labute approximate surface area is 152 Å². The van der Waals surface area contributed by atoms with E-state index in [2.05, 4.69) is 15.5 Å². The maximum absolute atomic E-state index is 12.1. The van der Waals surface area contributed by atoms with Crippen LogP contribution in [0.3, 0.4) is 0 Å². The van der Waals surface area contributed by atoms with Crippen LogP contribution < -0.4 is 21.0 Å². The van der Waals surface area contributed by atoms with Gasteiger partial charge in [-0.1, -0.05) is 18.3 Å². The van der Waals surface area contributed by atoms with Crippen molar-refractivity contribution in [2.45, 2.75) is 20.3 Å². The monoisotopic (exact) mass is 378 g/mol. The molecule has 138 valence electrons. The number of carbonyl (C=O) groups is 1. The number of aryl methyl sites for hydroxylation is 1. The van der Waals surface area contributed by atoms with Gasteiger partial charge in [-0.3, -0.25) is 14.9 Å². The van der Waals surface area contributed by atoms with E-state index >= 15 is 0 Å². The molecule has 1 aromatic heterocycles. The predicted octanol–water partition coefficient (Wildman–Crippen LogP) is 1.43. The van der Waals surface area contributed by atoms with Crippen molar-refractivity contribution in [2.75, 3.05) is 12.3 Å². The second kappa shape index (κ2) is 8.25. The molecule has 11 heteroatoms. The van der Waals surface area contributed by atoms with Crippen molar-refractivity contribution < 1.29 is 19.6 Å². The minimum atomic E-state index is -0.814. The molecule has 2 aromatic rings. The number of carbonyl (C=O) groups excluding carboxylic acids is 1. The van der Waals surface area contributed by atoms with Crippen molar-refractivity contribution in [3.63, 3.8) is 0 Å². The van der Waals surface area contributed by atoms with E-state index in [4.69, 9.17) is 10.5 Å². The molecule has 1 aromatic carbocycles. The lowest BCUT2D eigenvalue weighted by atomic mass is 10.2. The Morgan fingerprint density at radius 3 is 2.85 bits per heavy atom. The third-order valence-electron chi connectivity index (χ3n) is 3.19. The highest BCUT2D eigenvalue weighted by Gasteiger charge is 2.16. The molecule has 0 saturated carbocycles. The second-order valence-electron chi connectivity index (χ2n) is 4.94. The summed E-state index contributed by atoms with van der Waals surface area (Å²) in [4.78, 5) is 26.7. The summed E-state index contributed by atoms with van der Waals surface area (Å²) in [6.45, 7) is 3.67. The molecule has 0 aliphatic rings. The zero-order chi connectivity index (χ0) is 19.3. The fraction of sp³-hybridized carbons (Fsp3) is 0.267. The van der Waals surface area contributed by atoms with Crippen LogP contribution in [0.25, 0.3) is 0 Å². The molecule has 1 heterocycles. The third kappa shape index (κ3) is 4.25. The molecule has 0 saturated heterocycles. The summed E-state index contributed by atoms with van der Waals surface area (Å²) in [6.07, 6.45) is 1.72. The standard InChI is InChI=1S/C15H17N5O5S/c1-3-9-13(26-15(16)18-9)14(22)19-17-7-8-5-10(20(23)24)12(21)11(6-8)25-4-2/h5-7,21H,3-4H2,1-2H3,(H2,16,18)(H,19,22)/p-1/b17-7-. The van der Waals surface area contributed by atoms with Crippen LogP contribution in [0, 0.1) is 10.1 Å². The Morgan fingerprint density at radius 1 is 1.50 bits per heavy atom. The minimum Gasteiger partial charge on any atom is -0.865 e. The van der Waals surface area contributed by atoms with E-state index in [1.54, 1.807) is 6.92 Å². The van der Waals surface area contributed by atoms with Gasteiger partial charge in [0.05, 0.1) is 23.4 Å². The van der Waals surface area contributed by atoms with Gasteiger partial charge in [-0.2, -0.15) is 5.10 Å². The number of anilines is 1. The zero-order valence-electron chi connectivity index (χ0n) is 14.0. The van der Waals surface area contributed by atoms with Crippen LogP contribution in [0.2, 0.25) is 0 Å². The SMILES string of the molecule is CCOc1cc(/C=N\NC(=O)c2sc(N)nc2CC)cc([N+](=O)[O-])c1[O-]. The molecule has 10 nitrogen and oxygen atoms in total. The number of nitrogens with one attached hydrogen (secondary N) is 1. The van der Waals surface area contributed by atoms with Crippen LogP contribution in [0.15, 0.2) is 17.2 Å². The first-order chi connectivity index (χ1) is 12.4. The lowest BCUT2D eigenvalue weighted by Crippen LogP contribution is -2.17. The zero-order valence-corrected chi connectivity index (χ0v) is 14.8. The van der Waals surface area contributed by atoms with Gasteiger partial charge in [0, 0.05) is 17.4 Å². The molecule has 3 N–H and O–H groups in total. The van der Waals surface area contributed by atoms with Gasteiger partial charge < -0.3 is 15.6 Å². The topological polar surface area (TPSA) is 156 Å². The fourth-order valence-corrected chi connectivity index (χ4v) is 2.90. The maximum Gasteiger partial charge on any atom is 0.283 e. The average molecular weight is 378 g/mol. The van der Waals surface area contributed by atoms with Crippen molar-refractivity contribution >= 4 is 34.3 Å². The van der Waals surface area contributed by atoms with E-state index in [9.17, 15) is 20.0 Å². The summed E-state index contributed by atoms with van der Waals surface area (Å²) in [5.74, 6) is -1.46. The van der Waals surface area contributed by atoms with Gasteiger partial charge in [-0.15, -0.1) is 0 Å². The Morgan fingerprint density at radius 2 is 2.23 bits per heavy atom. The summed E-state index contributed by atoms with van der Waals surface area (Å²) >= 11 is 1.04. The largest absolute Gasteiger partial charge is 0.865 e. The fourth-order valence-electron chi connectivity index (χ4n) is 2.08. The van der Waals surface area contributed by atoms with E-state index in [1.807, 2.05) is 6.92 Å². The maximum atomic E-state index is 12.1. The highest BCUT2D eigenvalue weighted by Crippen LogP contribution is 2.34. The van der Waals surface area contributed by atoms with Gasteiger partial charge in [0.2, 0.25) is 0 Å². The number of hydrogen-bond donors (Lipinski definition) is 2. The Bertz CT molecular complexity index is 864. The van der Waals surface area contributed by atoms with Crippen LogP contribution >= 0.6 is 11.3 Å². The lowest BCUT2D eigenvalue weighted by molar-refractivity contribution is -0.398. The normalized spacial score (nSPS) is 10.8. The molecule has 0 aliphatic carbocycles. The third-order valence-corrected chi connectivity index (χ3v) is 4.11. The van der Waals surface area contributed by atoms with Crippen LogP contribution in [0.5, 0.6) is 11.5 Å². The first-order valence-electron chi connectivity index (χ1n) is 7.58. The number of hydrazone groups is 1. The number of amides is 1. The lowest BCUT2D eigenvalue weighted by Gasteiger charge is -2.14. The molecule has 26 heavy (non-hydrogen) atoms.